The molecule has 1 aliphatic heterocycles. The highest BCUT2D eigenvalue weighted by molar-refractivity contribution is 6.10. The number of para-hydroxylation sites is 1. The van der Waals surface area contributed by atoms with Crippen molar-refractivity contribution in [1.29, 1.82) is 0 Å². The molecular formula is C64H66N4O. The van der Waals surface area contributed by atoms with Crippen molar-refractivity contribution in [2.24, 2.45) is 0 Å². The zero-order valence-corrected chi connectivity index (χ0v) is 41.9. The second kappa shape index (κ2) is 16.8. The number of anilines is 4. The van der Waals surface area contributed by atoms with Gasteiger partial charge in [-0.25, -0.2) is 4.98 Å². The number of hydrogen-bond donors (Lipinski definition) is 0. The summed E-state index contributed by atoms with van der Waals surface area (Å²) < 4.78 is 88.9. The molecule has 1 aliphatic rings. The van der Waals surface area contributed by atoms with Crippen LogP contribution < -0.4 is 14.5 Å². The molecule has 0 bridgehead atoms. The van der Waals surface area contributed by atoms with E-state index in [1.54, 1.807) is 18.2 Å². The van der Waals surface area contributed by atoms with Crippen LogP contribution in [0.2, 0.25) is 0 Å². The molecule has 0 atom stereocenters. The Labute approximate surface area is 422 Å². The molecule has 0 radical (unpaired) electrons. The van der Waals surface area contributed by atoms with Gasteiger partial charge in [-0.2, -0.15) is 0 Å². The maximum Gasteiger partial charge on any atom is 0.137 e. The number of ether oxygens (including phenoxy) is 1. The summed E-state index contributed by atoms with van der Waals surface area (Å²) in [6, 6.07) is 32.8. The Balaban J connectivity index is 1.18. The van der Waals surface area contributed by atoms with E-state index in [2.05, 4.69) is 165 Å². The first-order chi connectivity index (χ1) is 36.4. The minimum Gasteiger partial charge on any atom is -0.457 e. The number of benzene rings is 7. The number of hydrogen-bond acceptors (Lipinski definition) is 4. The number of pyridine rings is 1. The van der Waals surface area contributed by atoms with Gasteiger partial charge in [0.2, 0.25) is 0 Å². The Morgan fingerprint density at radius 1 is 0.478 bits per heavy atom. The predicted molar refractivity (Wildman–Crippen MR) is 293 cm³/mol. The standard InChI is InChI=1S/C64H66N4O/c1-61(2,3)44-26-30-55-54(36-44)53-29-28-49(40-57(53)68(55)59-38-46(32-33-65-59)63(7,8)9)69-50-35-47(64(10,11)12)34-48(39-50)66-41-67(58-37-45(62(4,5)6)27-31-56(58)66)60-51(42-20-15-13-16-21-42)24-19-25-52(60)43-22-17-14-18-23-43/h13-40H,41H2,1-12H3/i13D,14D,15D,16D,17D,18D,20D,21D,22D. The quantitative estimate of drug-likeness (QED) is 0.160. The van der Waals surface area contributed by atoms with Crippen molar-refractivity contribution in [3.05, 3.63) is 192 Å². The first kappa shape index (κ1) is 36.0. The van der Waals surface area contributed by atoms with Crippen LogP contribution in [-0.4, -0.2) is 16.2 Å². The molecule has 0 saturated carbocycles. The molecule has 0 fully saturated rings. The average Bonchev–Trinajstić information content (AvgIpc) is 4.15. The van der Waals surface area contributed by atoms with Crippen molar-refractivity contribution in [1.82, 2.24) is 9.55 Å². The van der Waals surface area contributed by atoms with Crippen LogP contribution in [0.15, 0.2) is 170 Å². The SMILES string of the molecule is [2H]c1cc(-c2cccc(-c3c([2H])c([2H])c([2H])c([2H])c3[2H])c2N2CN(c3cc(Oc4ccc5c6cc(C(C)(C)C)ccc6n(-c6cc(C(C)(C)C)ccn6)c5c4)cc(C(C)(C)C)c3)c3ccc(C(C)(C)C)cc32)c([2H])c([2H])c1[2H]. The molecule has 0 saturated heterocycles. The van der Waals surface area contributed by atoms with Crippen LogP contribution >= 0.6 is 0 Å². The Kier molecular flexibility index (Phi) is 8.77. The van der Waals surface area contributed by atoms with Crippen LogP contribution in [0.1, 0.15) is 118 Å². The van der Waals surface area contributed by atoms with Crippen molar-refractivity contribution in [3.63, 3.8) is 0 Å². The third kappa shape index (κ3) is 8.69. The summed E-state index contributed by atoms with van der Waals surface area (Å²) in [4.78, 5) is 9.18. The Bertz CT molecular complexity index is 3900. The first-order valence-electron chi connectivity index (χ1n) is 28.3. The fourth-order valence-electron chi connectivity index (χ4n) is 9.35. The van der Waals surface area contributed by atoms with E-state index in [1.165, 1.54) is 17.2 Å². The van der Waals surface area contributed by atoms with Crippen LogP contribution in [0.25, 0.3) is 49.9 Å². The smallest absolute Gasteiger partial charge is 0.137 e. The Morgan fingerprint density at radius 3 is 1.83 bits per heavy atom. The van der Waals surface area contributed by atoms with Crippen molar-refractivity contribution in [3.8, 4) is 39.6 Å². The van der Waals surface area contributed by atoms with Crippen LogP contribution in [0.5, 0.6) is 11.5 Å². The molecule has 10 rings (SSSR count). The lowest BCUT2D eigenvalue weighted by Crippen LogP contribution is -2.25. The maximum absolute atomic E-state index is 9.23. The van der Waals surface area contributed by atoms with Crippen LogP contribution in [-0.2, 0) is 21.7 Å². The second-order valence-electron chi connectivity index (χ2n) is 22.4. The van der Waals surface area contributed by atoms with Gasteiger partial charge in [-0.3, -0.25) is 4.57 Å². The molecular weight excluding hydrogens is 841 g/mol. The van der Waals surface area contributed by atoms with Gasteiger partial charge < -0.3 is 14.5 Å². The van der Waals surface area contributed by atoms with Crippen molar-refractivity contribution in [2.75, 3.05) is 16.5 Å². The highest BCUT2D eigenvalue weighted by Crippen LogP contribution is 2.52. The van der Waals surface area contributed by atoms with Gasteiger partial charge in [0.05, 0.1) is 40.4 Å². The van der Waals surface area contributed by atoms with E-state index in [0.717, 1.165) is 55.8 Å². The molecule has 348 valence electrons. The lowest BCUT2D eigenvalue weighted by molar-refractivity contribution is 0.479. The lowest BCUT2D eigenvalue weighted by Gasteiger charge is -2.28. The van der Waals surface area contributed by atoms with E-state index in [4.69, 9.17) is 17.9 Å². The minimum atomic E-state index is -0.521. The van der Waals surface area contributed by atoms with E-state index < -0.39 is 36.3 Å². The molecule has 69 heavy (non-hydrogen) atoms. The molecule has 3 heterocycles. The number of fused-ring (bicyclic) bond motifs is 4. The molecule has 0 unspecified atom stereocenters. The topological polar surface area (TPSA) is 33.5 Å². The summed E-state index contributed by atoms with van der Waals surface area (Å²) >= 11 is 0. The van der Waals surface area contributed by atoms with Gasteiger partial charge in [0.15, 0.2) is 0 Å². The minimum absolute atomic E-state index is 0.0283. The molecule has 0 aliphatic carbocycles. The van der Waals surface area contributed by atoms with Crippen molar-refractivity contribution >= 4 is 44.6 Å². The summed E-state index contributed by atoms with van der Waals surface area (Å²) in [5, 5.41) is 2.20. The molecule has 2 aromatic heterocycles. The van der Waals surface area contributed by atoms with Crippen molar-refractivity contribution in [2.45, 2.75) is 105 Å². The van der Waals surface area contributed by atoms with Crippen LogP contribution in [0.3, 0.4) is 0 Å². The molecule has 0 amide bonds. The third-order valence-corrected chi connectivity index (χ3v) is 13.4. The molecule has 5 heteroatoms. The molecule has 0 spiro atoms. The maximum atomic E-state index is 9.23. The van der Waals surface area contributed by atoms with Gasteiger partial charge in [-0.1, -0.05) is 174 Å². The van der Waals surface area contributed by atoms with E-state index in [1.807, 2.05) is 23.2 Å². The highest BCUT2D eigenvalue weighted by atomic mass is 16.5. The number of rotatable bonds is 7. The van der Waals surface area contributed by atoms with Gasteiger partial charge >= 0.3 is 0 Å². The van der Waals surface area contributed by atoms with Crippen LogP contribution in [0, 0.1) is 0 Å². The molecule has 0 N–H and O–H groups in total. The lowest BCUT2D eigenvalue weighted by atomic mass is 9.86. The number of aromatic nitrogens is 2. The van der Waals surface area contributed by atoms with Crippen molar-refractivity contribution < 1.29 is 17.1 Å². The fourth-order valence-corrected chi connectivity index (χ4v) is 9.35. The summed E-state index contributed by atoms with van der Waals surface area (Å²) in [5.74, 6) is 2.06. The van der Waals surface area contributed by atoms with E-state index in [0.29, 0.717) is 28.3 Å². The van der Waals surface area contributed by atoms with E-state index >= 15 is 0 Å². The molecule has 7 aromatic carbocycles. The zero-order chi connectivity index (χ0) is 56.5. The Morgan fingerprint density at radius 2 is 1.12 bits per heavy atom. The Hall–Kier alpha value is -7.11. The van der Waals surface area contributed by atoms with Gasteiger partial charge in [-0.15, -0.1) is 0 Å². The largest absolute Gasteiger partial charge is 0.457 e. The molecule has 5 nitrogen and oxygen atoms in total. The van der Waals surface area contributed by atoms with Crippen LogP contribution in [0.4, 0.5) is 22.7 Å². The summed E-state index contributed by atoms with van der Waals surface area (Å²) in [7, 11) is 0. The summed E-state index contributed by atoms with van der Waals surface area (Å²) in [5.41, 5.74) is 9.30. The third-order valence-electron chi connectivity index (χ3n) is 13.4. The monoisotopic (exact) mass is 916 g/mol. The highest BCUT2D eigenvalue weighted by Gasteiger charge is 2.34. The normalized spacial score (nSPS) is 15.2. The van der Waals surface area contributed by atoms with Gasteiger partial charge in [0.25, 0.3) is 0 Å². The summed E-state index contributed by atoms with van der Waals surface area (Å²) in [6.07, 6.45) is 1.89. The average molecular weight is 916 g/mol. The number of nitrogens with zero attached hydrogens (tertiary/aromatic N) is 4. The first-order valence-corrected chi connectivity index (χ1v) is 23.8. The van der Waals surface area contributed by atoms with Gasteiger partial charge in [0, 0.05) is 45.9 Å². The van der Waals surface area contributed by atoms with E-state index in [-0.39, 0.29) is 57.6 Å². The zero-order valence-electron chi connectivity index (χ0n) is 50.9. The molecule has 9 aromatic rings. The van der Waals surface area contributed by atoms with Gasteiger partial charge in [-0.05, 0) is 116 Å². The predicted octanol–water partition coefficient (Wildman–Crippen LogP) is 17.7. The fraction of sp³-hybridized carbons (Fsp3) is 0.266. The van der Waals surface area contributed by atoms with Gasteiger partial charge in [0.1, 0.15) is 24.0 Å². The second-order valence-corrected chi connectivity index (χ2v) is 22.4. The summed E-state index contributed by atoms with van der Waals surface area (Å²) in [6.45, 7) is 26.4. The van der Waals surface area contributed by atoms with E-state index in [9.17, 15) is 4.11 Å².